The average Bonchev–Trinajstić information content (AvgIpc) is 3.69. The van der Waals surface area contributed by atoms with Crippen molar-refractivity contribution in [3.63, 3.8) is 0 Å². The maximum atomic E-state index is 11.0. The molecule has 47 heavy (non-hydrogen) atoms. The third-order valence-corrected chi connectivity index (χ3v) is 9.48. The molecule has 0 spiro atoms. The molecule has 4 saturated heterocycles. The third kappa shape index (κ3) is 6.38. The van der Waals surface area contributed by atoms with Crippen molar-refractivity contribution in [2.75, 3.05) is 34.0 Å². The summed E-state index contributed by atoms with van der Waals surface area (Å²) in [5, 5.41) is 72.1. The third-order valence-electron chi connectivity index (χ3n) is 9.48. The minimum absolute atomic E-state index is 0.0239. The highest BCUT2D eigenvalue weighted by Gasteiger charge is 2.52. The molecule has 4 fully saturated rings. The lowest BCUT2D eigenvalue weighted by Gasteiger charge is -2.45. The number of phenolic OH excluding ortho intramolecular Hbond substituents is 1. The van der Waals surface area contributed by atoms with E-state index in [1.807, 2.05) is 6.07 Å². The maximum absolute atomic E-state index is 11.0. The Balaban J connectivity index is 1.20. The predicted octanol–water partition coefficient (Wildman–Crippen LogP) is -0.485. The van der Waals surface area contributed by atoms with Crippen LogP contribution in [-0.2, 0) is 23.7 Å². The summed E-state index contributed by atoms with van der Waals surface area (Å²) in [6, 6.07) is 10.3. The number of phenols is 1. The van der Waals surface area contributed by atoms with Gasteiger partial charge in [0.05, 0.1) is 52.4 Å². The largest absolute Gasteiger partial charge is 0.504 e. The summed E-state index contributed by atoms with van der Waals surface area (Å²) in [5.74, 6) is 0.945. The lowest BCUT2D eigenvalue weighted by atomic mass is 9.85. The molecule has 4 heterocycles. The normalized spacial score (nSPS) is 40.2. The highest BCUT2D eigenvalue weighted by atomic mass is 16.8. The van der Waals surface area contributed by atoms with Gasteiger partial charge >= 0.3 is 0 Å². The topological polar surface area (TPSA) is 215 Å². The van der Waals surface area contributed by atoms with Crippen LogP contribution in [0.4, 0.5) is 0 Å². The summed E-state index contributed by atoms with van der Waals surface area (Å²) in [5.41, 5.74) is 1.68. The zero-order valence-corrected chi connectivity index (χ0v) is 26.1. The van der Waals surface area contributed by atoms with E-state index < -0.39 is 68.0 Å². The van der Waals surface area contributed by atoms with Crippen molar-refractivity contribution >= 4 is 0 Å². The van der Waals surface area contributed by atoms with Crippen LogP contribution in [0.2, 0.25) is 0 Å². The standard InChI is InChI=1S/C32H42O15/c1-13-23(35)25(37)27(39)31(44-13)47-30-26(38)24(36)22(10-33)46-32(30)45-19-7-5-15(9-21(19)41-3)29-17-12-42-28(16(17)11-43-29)14-4-6-18(34)20(8-14)40-2/h4-9,13,16-17,22-39H,10-12H2,1-3H3/t13-,16+,17+,22+,23-,24+,25+,26-,27+,28+,29+,30+,31-,32+/m0/s1. The highest BCUT2D eigenvalue weighted by molar-refractivity contribution is 5.45. The summed E-state index contributed by atoms with van der Waals surface area (Å²) in [6.45, 7) is 1.72. The van der Waals surface area contributed by atoms with Crippen LogP contribution in [0, 0.1) is 11.8 Å². The Bertz CT molecular complexity index is 1380. The van der Waals surface area contributed by atoms with E-state index in [1.165, 1.54) is 21.1 Å². The summed E-state index contributed by atoms with van der Waals surface area (Å²) in [4.78, 5) is 0. The zero-order chi connectivity index (χ0) is 33.6. The smallest absolute Gasteiger partial charge is 0.229 e. The summed E-state index contributed by atoms with van der Waals surface area (Å²) < 4.78 is 46.6. The van der Waals surface area contributed by atoms with Crippen LogP contribution < -0.4 is 14.2 Å². The van der Waals surface area contributed by atoms with Gasteiger partial charge in [-0.1, -0.05) is 12.1 Å². The molecule has 0 bridgehead atoms. The number of aliphatic hydroxyl groups excluding tert-OH is 6. The molecule has 4 aliphatic rings. The van der Waals surface area contributed by atoms with Gasteiger partial charge in [0, 0.05) is 11.8 Å². The van der Waals surface area contributed by atoms with Crippen LogP contribution >= 0.6 is 0 Å². The zero-order valence-electron chi connectivity index (χ0n) is 26.1. The maximum Gasteiger partial charge on any atom is 0.229 e. The number of rotatable bonds is 9. The molecule has 0 saturated carbocycles. The van der Waals surface area contributed by atoms with Crippen molar-refractivity contribution in [2.45, 2.75) is 80.5 Å². The molecule has 0 aliphatic carbocycles. The second-order valence-electron chi connectivity index (χ2n) is 12.3. The van der Waals surface area contributed by atoms with Crippen LogP contribution in [0.1, 0.15) is 30.3 Å². The number of aromatic hydroxyl groups is 1. The fourth-order valence-electron chi connectivity index (χ4n) is 6.77. The van der Waals surface area contributed by atoms with Gasteiger partial charge in [0.25, 0.3) is 0 Å². The van der Waals surface area contributed by atoms with Crippen LogP contribution in [0.15, 0.2) is 36.4 Å². The number of aliphatic hydroxyl groups is 6. The van der Waals surface area contributed by atoms with Gasteiger partial charge in [-0.25, -0.2) is 0 Å². The monoisotopic (exact) mass is 666 g/mol. The molecule has 260 valence electrons. The summed E-state index contributed by atoms with van der Waals surface area (Å²) >= 11 is 0. The molecule has 15 heteroatoms. The first-order valence-electron chi connectivity index (χ1n) is 15.5. The predicted molar refractivity (Wildman–Crippen MR) is 158 cm³/mol. The lowest BCUT2D eigenvalue weighted by molar-refractivity contribution is -0.354. The van der Waals surface area contributed by atoms with Crippen molar-refractivity contribution in [2.24, 2.45) is 11.8 Å². The minimum Gasteiger partial charge on any atom is -0.504 e. The lowest BCUT2D eigenvalue weighted by Crippen LogP contribution is -2.64. The van der Waals surface area contributed by atoms with E-state index in [0.717, 1.165) is 11.1 Å². The van der Waals surface area contributed by atoms with E-state index in [4.69, 9.17) is 37.9 Å². The van der Waals surface area contributed by atoms with Gasteiger partial charge in [0.2, 0.25) is 6.29 Å². The second kappa shape index (κ2) is 14.0. The Kier molecular flexibility index (Phi) is 10.1. The van der Waals surface area contributed by atoms with Crippen molar-refractivity contribution in [3.8, 4) is 23.0 Å². The van der Waals surface area contributed by atoms with Gasteiger partial charge < -0.3 is 73.6 Å². The Morgan fingerprint density at radius 3 is 1.94 bits per heavy atom. The molecule has 15 nitrogen and oxygen atoms in total. The Morgan fingerprint density at radius 1 is 0.702 bits per heavy atom. The Morgan fingerprint density at radius 2 is 1.32 bits per heavy atom. The van der Waals surface area contributed by atoms with Crippen LogP contribution in [-0.4, -0.2) is 131 Å². The SMILES string of the molecule is COc1cc([C@H]2OC[C@@H]3[C@H]2CO[C@@H]3c2ccc(O[C@@H]3O[C@H](CO)[C@@H](O)[C@H](O)[C@H]3O[C@@H]3O[C@@H](C)[C@H](O)[C@@H](O)[C@H]3O)c(OC)c2)ccc1O. The number of benzene rings is 2. The van der Waals surface area contributed by atoms with E-state index in [9.17, 15) is 35.7 Å². The molecular weight excluding hydrogens is 624 g/mol. The van der Waals surface area contributed by atoms with Gasteiger partial charge in [0.1, 0.15) is 36.6 Å². The fraction of sp³-hybridized carbons (Fsp3) is 0.625. The molecule has 0 amide bonds. The molecule has 2 aromatic carbocycles. The van der Waals surface area contributed by atoms with E-state index in [2.05, 4.69) is 0 Å². The van der Waals surface area contributed by atoms with Crippen molar-refractivity contribution in [1.82, 2.24) is 0 Å². The quantitative estimate of drug-likeness (QED) is 0.180. The molecule has 0 aromatic heterocycles. The van der Waals surface area contributed by atoms with Gasteiger partial charge in [0.15, 0.2) is 35.4 Å². The van der Waals surface area contributed by atoms with Crippen LogP contribution in [0.3, 0.4) is 0 Å². The molecule has 6 rings (SSSR count). The number of ether oxygens (including phenoxy) is 8. The summed E-state index contributed by atoms with van der Waals surface area (Å²) in [6.07, 6.45) is -15.1. The van der Waals surface area contributed by atoms with Gasteiger partial charge in [-0.15, -0.1) is 0 Å². The van der Waals surface area contributed by atoms with Crippen LogP contribution in [0.25, 0.3) is 0 Å². The van der Waals surface area contributed by atoms with E-state index >= 15 is 0 Å². The fourth-order valence-corrected chi connectivity index (χ4v) is 6.77. The first-order valence-corrected chi connectivity index (χ1v) is 15.5. The minimum atomic E-state index is -1.69. The van der Waals surface area contributed by atoms with E-state index in [-0.39, 0.29) is 41.3 Å². The molecule has 0 unspecified atom stereocenters. The molecule has 14 atom stereocenters. The van der Waals surface area contributed by atoms with Gasteiger partial charge in [-0.3, -0.25) is 0 Å². The molecule has 7 N–H and O–H groups in total. The molecule has 2 aromatic rings. The van der Waals surface area contributed by atoms with Gasteiger partial charge in [-0.05, 0) is 42.3 Å². The first kappa shape index (κ1) is 34.1. The number of methoxy groups -OCH3 is 2. The van der Waals surface area contributed by atoms with Crippen molar-refractivity contribution in [1.29, 1.82) is 0 Å². The molecular formula is C32H42O15. The molecule has 4 aliphatic heterocycles. The number of hydrogen-bond acceptors (Lipinski definition) is 15. The average molecular weight is 667 g/mol. The van der Waals surface area contributed by atoms with Crippen molar-refractivity contribution < 1.29 is 73.6 Å². The van der Waals surface area contributed by atoms with E-state index in [0.29, 0.717) is 19.0 Å². The summed E-state index contributed by atoms with van der Waals surface area (Å²) in [7, 11) is 2.94. The highest BCUT2D eigenvalue weighted by Crippen LogP contribution is 2.51. The number of hydrogen-bond donors (Lipinski definition) is 7. The van der Waals surface area contributed by atoms with Crippen molar-refractivity contribution in [3.05, 3.63) is 47.5 Å². The van der Waals surface area contributed by atoms with Crippen LogP contribution in [0.5, 0.6) is 23.0 Å². The Hall–Kier alpha value is -2.80. The first-order chi connectivity index (χ1) is 22.6. The second-order valence-corrected chi connectivity index (χ2v) is 12.3. The van der Waals surface area contributed by atoms with E-state index in [1.54, 1.807) is 30.3 Å². The number of fused-ring (bicyclic) bond motifs is 1. The molecule has 0 radical (unpaired) electrons. The van der Waals surface area contributed by atoms with Gasteiger partial charge in [-0.2, -0.15) is 0 Å². The Labute approximate surface area is 270 Å².